The number of aryl methyl sites for hydroxylation is 1. The third-order valence-corrected chi connectivity index (χ3v) is 5.50. The normalized spacial score (nSPS) is 11.8. The van der Waals surface area contributed by atoms with Gasteiger partial charge in [0.2, 0.25) is 5.89 Å². The first kappa shape index (κ1) is 24.9. The van der Waals surface area contributed by atoms with E-state index < -0.39 is 5.97 Å². The molecule has 0 aliphatic rings. The van der Waals surface area contributed by atoms with Crippen molar-refractivity contribution in [1.29, 1.82) is 0 Å². The number of hydrogen-bond acceptors (Lipinski definition) is 10. The molecule has 170 valence electrons. The first-order valence-electron chi connectivity index (χ1n) is 9.49. The zero-order valence-electron chi connectivity index (χ0n) is 18.2. The van der Waals surface area contributed by atoms with E-state index in [-0.39, 0.29) is 30.6 Å². The van der Waals surface area contributed by atoms with Crippen molar-refractivity contribution in [3.8, 4) is 11.5 Å². The van der Waals surface area contributed by atoms with Crippen molar-refractivity contribution in [1.82, 2.24) is 15.5 Å². The number of carbonyl (C=O) groups is 1. The van der Waals surface area contributed by atoms with Gasteiger partial charge in [0.1, 0.15) is 24.1 Å². The van der Waals surface area contributed by atoms with Gasteiger partial charge in [-0.3, -0.25) is 0 Å². The van der Waals surface area contributed by atoms with Gasteiger partial charge in [-0.1, -0.05) is 17.4 Å². The Balaban J connectivity index is 2.23. The molecule has 0 fully saturated rings. The minimum absolute atomic E-state index is 0.0437. The fraction of sp³-hybridized carbons (Fsp3) is 0.500. The Kier molecular flexibility index (Phi) is 9.53. The fourth-order valence-electron chi connectivity index (χ4n) is 2.87. The van der Waals surface area contributed by atoms with Crippen molar-refractivity contribution in [2.75, 3.05) is 33.2 Å². The molecular formula is C20H27N3O6S2. The third kappa shape index (κ3) is 6.81. The van der Waals surface area contributed by atoms with Crippen LogP contribution in [0.2, 0.25) is 0 Å². The van der Waals surface area contributed by atoms with E-state index in [1.165, 1.54) is 32.0 Å². The number of nitrogens with zero attached hydrogens (tertiary/aromatic N) is 2. The predicted molar refractivity (Wildman–Crippen MR) is 121 cm³/mol. The standard InChI is InChI=1S/C20H27N3O6S2/c1-11-17(27-5)8-16(24)14(18(11)20(25)28-7-6-26-4)9-31-10-15(22-13(3)30)19-21-12(2)23-29-19/h8,15,24H,6-7,9-10H2,1-5H3,(H,22,30)/t15-/m0/s1. The number of aromatic hydroxyl groups is 1. The minimum atomic E-state index is -0.545. The maximum Gasteiger partial charge on any atom is 0.339 e. The van der Waals surface area contributed by atoms with E-state index in [9.17, 15) is 9.90 Å². The molecule has 9 nitrogen and oxygen atoms in total. The molecule has 1 aromatic carbocycles. The van der Waals surface area contributed by atoms with Crippen LogP contribution in [0.5, 0.6) is 11.5 Å². The van der Waals surface area contributed by atoms with Crippen LogP contribution in [0.25, 0.3) is 0 Å². The van der Waals surface area contributed by atoms with Crippen molar-refractivity contribution < 1.29 is 28.6 Å². The van der Waals surface area contributed by atoms with Gasteiger partial charge in [0.25, 0.3) is 0 Å². The van der Waals surface area contributed by atoms with E-state index in [1.54, 1.807) is 20.8 Å². The molecule has 31 heavy (non-hydrogen) atoms. The van der Waals surface area contributed by atoms with Gasteiger partial charge < -0.3 is 29.2 Å². The Morgan fingerprint density at radius 3 is 2.68 bits per heavy atom. The summed E-state index contributed by atoms with van der Waals surface area (Å²) < 4.78 is 20.8. The molecule has 0 bridgehead atoms. The highest BCUT2D eigenvalue weighted by Crippen LogP contribution is 2.36. The minimum Gasteiger partial charge on any atom is -0.507 e. The average Bonchev–Trinajstić information content (AvgIpc) is 3.15. The number of esters is 1. The second kappa shape index (κ2) is 11.9. The number of thiocarbonyl (C=S) groups is 1. The van der Waals surface area contributed by atoms with Crippen LogP contribution in [0.3, 0.4) is 0 Å². The van der Waals surface area contributed by atoms with Crippen molar-refractivity contribution in [3.05, 3.63) is 34.5 Å². The van der Waals surface area contributed by atoms with Crippen LogP contribution in [0.1, 0.15) is 46.2 Å². The molecule has 0 aliphatic carbocycles. The lowest BCUT2D eigenvalue weighted by Gasteiger charge is -2.18. The lowest BCUT2D eigenvalue weighted by Crippen LogP contribution is -2.27. The largest absolute Gasteiger partial charge is 0.507 e. The number of aromatic nitrogens is 2. The zero-order chi connectivity index (χ0) is 23.0. The molecular weight excluding hydrogens is 442 g/mol. The number of nitrogens with one attached hydrogen (secondary N) is 1. The summed E-state index contributed by atoms with van der Waals surface area (Å²) in [6.45, 7) is 5.64. The number of phenols is 1. The quantitative estimate of drug-likeness (QED) is 0.287. The lowest BCUT2D eigenvalue weighted by atomic mass is 10.0. The molecule has 11 heteroatoms. The highest BCUT2D eigenvalue weighted by molar-refractivity contribution is 7.98. The molecule has 0 saturated heterocycles. The summed E-state index contributed by atoms with van der Waals surface area (Å²) in [5.41, 5.74) is 1.34. The van der Waals surface area contributed by atoms with Gasteiger partial charge in [-0.2, -0.15) is 16.7 Å². The molecule has 2 aromatic rings. The Bertz CT molecular complexity index is 919. The molecule has 0 saturated carbocycles. The van der Waals surface area contributed by atoms with E-state index in [0.29, 0.717) is 45.1 Å². The topological polar surface area (TPSA) is 116 Å². The van der Waals surface area contributed by atoms with Gasteiger partial charge in [-0.15, -0.1) is 0 Å². The van der Waals surface area contributed by atoms with Crippen LogP contribution in [-0.2, 0) is 15.2 Å². The molecule has 0 spiro atoms. The second-order valence-electron chi connectivity index (χ2n) is 6.65. The summed E-state index contributed by atoms with van der Waals surface area (Å²) in [6, 6.07) is 1.19. The number of hydrogen-bond donors (Lipinski definition) is 2. The van der Waals surface area contributed by atoms with Crippen LogP contribution in [0.15, 0.2) is 10.6 Å². The highest BCUT2D eigenvalue weighted by atomic mass is 32.2. The zero-order valence-corrected chi connectivity index (χ0v) is 19.8. The van der Waals surface area contributed by atoms with E-state index in [4.69, 9.17) is 31.0 Å². The molecule has 0 aliphatic heterocycles. The van der Waals surface area contributed by atoms with Crippen molar-refractivity contribution in [3.63, 3.8) is 0 Å². The van der Waals surface area contributed by atoms with Crippen LogP contribution in [0, 0.1) is 13.8 Å². The summed E-state index contributed by atoms with van der Waals surface area (Å²) in [5, 5.41) is 17.5. The van der Waals surface area contributed by atoms with Crippen LogP contribution in [-0.4, -0.2) is 59.4 Å². The first-order valence-corrected chi connectivity index (χ1v) is 11.0. The fourth-order valence-corrected chi connectivity index (χ4v) is 4.09. The Hall–Kier alpha value is -2.37. The number of rotatable bonds is 11. The maximum absolute atomic E-state index is 12.7. The Labute approximate surface area is 190 Å². The van der Waals surface area contributed by atoms with Gasteiger partial charge in [-0.05, 0) is 20.8 Å². The second-order valence-corrected chi connectivity index (χ2v) is 8.30. The third-order valence-electron chi connectivity index (χ3n) is 4.32. The van der Waals surface area contributed by atoms with E-state index in [2.05, 4.69) is 15.5 Å². The molecule has 2 N–H and O–H groups in total. The summed E-state index contributed by atoms with van der Waals surface area (Å²) in [4.78, 5) is 17.6. The first-order chi connectivity index (χ1) is 14.8. The van der Waals surface area contributed by atoms with Gasteiger partial charge in [0.05, 0.1) is 24.3 Å². The Morgan fingerprint density at radius 2 is 2.10 bits per heavy atom. The summed E-state index contributed by atoms with van der Waals surface area (Å²) >= 11 is 6.63. The lowest BCUT2D eigenvalue weighted by molar-refractivity contribution is 0.0385. The van der Waals surface area contributed by atoms with Gasteiger partial charge in [-0.25, -0.2) is 4.79 Å². The van der Waals surface area contributed by atoms with E-state index in [1.807, 2.05) is 0 Å². The number of benzene rings is 1. The number of carbonyl (C=O) groups excluding carboxylic acids is 1. The van der Waals surface area contributed by atoms with Crippen molar-refractivity contribution in [2.24, 2.45) is 0 Å². The molecule has 0 radical (unpaired) electrons. The molecule has 0 amide bonds. The van der Waals surface area contributed by atoms with Crippen molar-refractivity contribution >= 4 is 34.9 Å². The van der Waals surface area contributed by atoms with Crippen LogP contribution in [0.4, 0.5) is 0 Å². The van der Waals surface area contributed by atoms with Crippen LogP contribution >= 0.6 is 24.0 Å². The molecule has 1 heterocycles. The van der Waals surface area contributed by atoms with E-state index >= 15 is 0 Å². The molecule has 0 unspecified atom stereocenters. The van der Waals surface area contributed by atoms with Gasteiger partial charge in [0.15, 0.2) is 5.82 Å². The summed E-state index contributed by atoms with van der Waals surface area (Å²) in [7, 11) is 3.00. The number of thioether (sulfide) groups is 1. The maximum atomic E-state index is 12.7. The SMILES string of the molecule is COCCOC(=O)c1c(C)c(OC)cc(O)c1CSC[C@H](NC(C)=S)c1nc(C)no1. The predicted octanol–water partition coefficient (Wildman–Crippen LogP) is 3.12. The summed E-state index contributed by atoms with van der Waals surface area (Å²) in [6.07, 6.45) is 0. The Morgan fingerprint density at radius 1 is 1.35 bits per heavy atom. The molecule has 1 atom stereocenters. The number of methoxy groups -OCH3 is 2. The smallest absolute Gasteiger partial charge is 0.339 e. The van der Waals surface area contributed by atoms with Crippen LogP contribution < -0.4 is 10.1 Å². The van der Waals surface area contributed by atoms with Gasteiger partial charge >= 0.3 is 5.97 Å². The monoisotopic (exact) mass is 469 g/mol. The molecule has 1 aromatic heterocycles. The highest BCUT2D eigenvalue weighted by Gasteiger charge is 2.24. The summed E-state index contributed by atoms with van der Waals surface area (Å²) in [5.74, 6) is 1.61. The average molecular weight is 470 g/mol. The van der Waals surface area contributed by atoms with Gasteiger partial charge in [0, 0.05) is 35.8 Å². The number of phenolic OH excluding ortho intramolecular Hbond substituents is 1. The number of ether oxygens (including phenoxy) is 3. The van der Waals surface area contributed by atoms with E-state index in [0.717, 1.165) is 0 Å². The molecule has 2 rings (SSSR count). The van der Waals surface area contributed by atoms with Crippen molar-refractivity contribution in [2.45, 2.75) is 32.6 Å².